The molecular formula is C60H43BBr4ClF6IN10O6S2. The predicted octanol–water partition coefficient (Wildman–Crippen LogP) is 14.7. The zero-order valence-electron chi connectivity index (χ0n) is 46.2. The summed E-state index contributed by atoms with van der Waals surface area (Å²) in [4.78, 5) is 58.0. The van der Waals surface area contributed by atoms with Crippen molar-refractivity contribution >= 4 is 154 Å². The normalized spacial score (nSPS) is 10.9. The molecule has 0 aliphatic carbocycles. The Balaban J connectivity index is 0.000000163. The van der Waals surface area contributed by atoms with Gasteiger partial charge >= 0.3 is 29.2 Å². The number of H-pyrrole nitrogens is 1. The number of fused-ring (bicyclic) bond motifs is 2. The van der Waals surface area contributed by atoms with Gasteiger partial charge < -0.3 is 25.2 Å². The Labute approximate surface area is 574 Å². The van der Waals surface area contributed by atoms with Crippen molar-refractivity contribution in [3.8, 4) is 34.2 Å². The van der Waals surface area contributed by atoms with E-state index in [9.17, 15) is 35.9 Å². The van der Waals surface area contributed by atoms with E-state index in [0.717, 1.165) is 102 Å². The molecule has 6 aromatic heterocycles. The maximum Gasteiger partial charge on any atom is 0.488 e. The number of hydrogen-bond donors (Lipinski definition) is 5. The summed E-state index contributed by atoms with van der Waals surface area (Å²) >= 11 is 22.7. The molecule has 0 unspecified atom stereocenters. The van der Waals surface area contributed by atoms with E-state index in [1.807, 2.05) is 66.7 Å². The van der Waals surface area contributed by atoms with Crippen molar-refractivity contribution in [3.05, 3.63) is 257 Å². The van der Waals surface area contributed by atoms with Gasteiger partial charge in [0.05, 0.1) is 69.2 Å². The molecule has 12 rings (SSSR count). The van der Waals surface area contributed by atoms with Gasteiger partial charge in [0.15, 0.2) is 21.3 Å². The number of alkyl halides is 7. The molecule has 468 valence electrons. The number of nitrogens with zero attached hydrogens (tertiary/aromatic N) is 9. The second-order valence-electron chi connectivity index (χ2n) is 18.4. The number of aromatic amines is 1. The summed E-state index contributed by atoms with van der Waals surface area (Å²) in [5, 5.41) is 35.1. The fourth-order valence-corrected chi connectivity index (χ4v) is 10.5. The number of thiazole rings is 2. The van der Waals surface area contributed by atoms with E-state index in [4.69, 9.17) is 31.9 Å². The van der Waals surface area contributed by atoms with Crippen molar-refractivity contribution in [2.45, 2.75) is 38.0 Å². The molecule has 0 amide bonds. The molecule has 0 radical (unpaired) electrons. The van der Waals surface area contributed by atoms with Crippen LogP contribution in [0.1, 0.15) is 33.4 Å². The Morgan fingerprint density at radius 1 is 0.516 bits per heavy atom. The van der Waals surface area contributed by atoms with Crippen LogP contribution in [0.4, 0.5) is 26.3 Å². The first kappa shape index (κ1) is 71.9. The first-order valence-corrected chi connectivity index (χ1v) is 32.3. The van der Waals surface area contributed by atoms with Gasteiger partial charge in [-0.15, -0.1) is 11.6 Å². The number of rotatable bonds is 9. The summed E-state index contributed by atoms with van der Waals surface area (Å²) < 4.78 is 82.4. The minimum absolute atomic E-state index is 0.0321. The van der Waals surface area contributed by atoms with Crippen molar-refractivity contribution in [1.29, 1.82) is 0 Å². The lowest BCUT2D eigenvalue weighted by molar-refractivity contribution is -0.138. The third-order valence-corrected chi connectivity index (χ3v) is 16.2. The Morgan fingerprint density at radius 3 is 1.37 bits per heavy atom. The molecule has 0 saturated carbocycles. The molecule has 6 aromatic carbocycles. The molecule has 91 heavy (non-hydrogen) atoms. The molecule has 6 heterocycles. The molecule has 0 fully saturated rings. The number of aliphatic hydroxyl groups excluding tert-OH is 2. The van der Waals surface area contributed by atoms with E-state index in [0.29, 0.717) is 43.8 Å². The van der Waals surface area contributed by atoms with Gasteiger partial charge in [-0.1, -0.05) is 102 Å². The smallest absolute Gasteiger partial charge is 0.423 e. The Morgan fingerprint density at radius 2 is 0.923 bits per heavy atom. The van der Waals surface area contributed by atoms with Gasteiger partial charge in [-0.25, -0.2) is 39.9 Å². The van der Waals surface area contributed by atoms with Gasteiger partial charge in [-0.3, -0.25) is 14.2 Å². The van der Waals surface area contributed by atoms with Gasteiger partial charge in [0.1, 0.15) is 0 Å². The standard InChI is InChI=1S/C19H11BrF3N3OS.C11H8BrClN2.C11H9BrN2O.C8H4F3NOS.C7H9BO3.C4H2BrIN2/c20-14-8-24-17(25-9-14)12-3-1-2-11(6-12)10-26-15-7-13(19(21,22)23)4-5-16(15)28-18(26)27;12-10-6-14-11(15-7-10)9-3-1-2-8(4-9)5-13;12-10-5-13-11(14-6-10)9-3-1-2-8(4-9)7-15;9-8(10,11)4-1-2-6-5(3-4)12-7(13)14-6;9-5-6-2-1-3-7(4-6)8(10)11;5-3-1-7-4(6)8-2-3/h1-9H,10H2;1-4,6-7H,5H2;1-6,15H,7H2;1-3H,(H,12,13);1-4,9-11H,5H2;1-2H. The fraction of sp³-hybridized carbons (Fsp3) is 0.100. The predicted molar refractivity (Wildman–Crippen MR) is 363 cm³/mol. The molecular weight excluding hydrogens is 1630 g/mol. The zero-order chi connectivity index (χ0) is 65.8. The quantitative estimate of drug-likeness (QED) is 0.0297. The topological polar surface area (TPSA) is 239 Å². The van der Waals surface area contributed by atoms with Crippen LogP contribution in [0.5, 0.6) is 0 Å². The zero-order valence-corrected chi connectivity index (χ0v) is 57.1. The molecule has 0 aliphatic heterocycles. The highest BCUT2D eigenvalue weighted by Gasteiger charge is 2.32. The second kappa shape index (κ2) is 34.4. The second-order valence-corrected chi connectivity index (χ2v) is 25.3. The lowest BCUT2D eigenvalue weighted by atomic mass is 9.80. The lowest BCUT2D eigenvalue weighted by Crippen LogP contribution is -2.29. The highest BCUT2D eigenvalue weighted by atomic mass is 127. The molecule has 12 aromatic rings. The van der Waals surface area contributed by atoms with E-state index < -0.39 is 30.6 Å². The monoisotopic (exact) mass is 1670 g/mol. The average molecular weight is 1670 g/mol. The van der Waals surface area contributed by atoms with E-state index in [-0.39, 0.29) is 40.5 Å². The van der Waals surface area contributed by atoms with Crippen molar-refractivity contribution in [3.63, 3.8) is 0 Å². The van der Waals surface area contributed by atoms with Crippen LogP contribution in [-0.4, -0.2) is 76.8 Å². The molecule has 0 spiro atoms. The average Bonchev–Trinajstić information content (AvgIpc) is 1.70. The van der Waals surface area contributed by atoms with E-state index in [1.54, 1.807) is 79.9 Å². The minimum atomic E-state index is -4.46. The van der Waals surface area contributed by atoms with E-state index in [2.05, 4.69) is 131 Å². The van der Waals surface area contributed by atoms with Crippen LogP contribution in [0.25, 0.3) is 54.6 Å². The van der Waals surface area contributed by atoms with Crippen LogP contribution in [0, 0.1) is 3.83 Å². The van der Waals surface area contributed by atoms with Gasteiger partial charge in [-0.2, -0.15) is 26.3 Å². The maximum absolute atomic E-state index is 13.0. The van der Waals surface area contributed by atoms with Crippen LogP contribution in [-0.2, 0) is 38.0 Å². The lowest BCUT2D eigenvalue weighted by Gasteiger charge is -2.09. The summed E-state index contributed by atoms with van der Waals surface area (Å²) in [6.45, 7) is 0.107. The number of benzene rings is 6. The Kier molecular flexibility index (Phi) is 27.2. The molecule has 16 nitrogen and oxygen atoms in total. The molecule has 0 aliphatic rings. The number of aliphatic hydroxyl groups is 2. The van der Waals surface area contributed by atoms with Gasteiger partial charge in [-0.05, 0) is 146 Å². The van der Waals surface area contributed by atoms with E-state index >= 15 is 0 Å². The minimum Gasteiger partial charge on any atom is -0.423 e. The van der Waals surface area contributed by atoms with Crippen LogP contribution in [0.3, 0.4) is 0 Å². The van der Waals surface area contributed by atoms with E-state index in [1.165, 1.54) is 16.7 Å². The first-order chi connectivity index (χ1) is 43.4. The highest BCUT2D eigenvalue weighted by Crippen LogP contribution is 2.33. The van der Waals surface area contributed by atoms with Crippen molar-refractivity contribution in [2.24, 2.45) is 0 Å². The third kappa shape index (κ3) is 22.3. The number of nitrogens with one attached hydrogen (secondary N) is 1. The highest BCUT2D eigenvalue weighted by molar-refractivity contribution is 14.1. The summed E-state index contributed by atoms with van der Waals surface area (Å²) in [5.41, 5.74) is 5.41. The van der Waals surface area contributed by atoms with Crippen LogP contribution in [0.2, 0.25) is 0 Å². The third-order valence-electron chi connectivity index (χ3n) is 11.9. The molecule has 31 heteroatoms. The SMILES string of the molecule is Brc1cnc(I)nc1.ClCc1cccc(-c2ncc(Br)cn2)c1.O=c1[nH]c2cc(C(F)(F)F)ccc2s1.O=c1sc2ccc(C(F)(F)F)cc2n1Cc1cccc(-c2ncc(Br)cn2)c1.OCc1cccc(-c2ncc(Br)cn2)c1.OCc1cccc(B(O)O)c1. The number of aromatic nitrogens is 10. The van der Waals surface area contributed by atoms with Crippen LogP contribution < -0.4 is 15.2 Å². The van der Waals surface area contributed by atoms with Crippen molar-refractivity contribution < 1.29 is 46.6 Å². The summed E-state index contributed by atoms with van der Waals surface area (Å²) in [6, 6.07) is 35.8. The fourth-order valence-electron chi connectivity index (χ4n) is 7.64. The summed E-state index contributed by atoms with van der Waals surface area (Å²) in [5.74, 6) is 2.40. The molecule has 0 atom stereocenters. The maximum atomic E-state index is 13.0. The van der Waals surface area contributed by atoms with Crippen molar-refractivity contribution in [1.82, 2.24) is 49.4 Å². The summed E-state index contributed by atoms with van der Waals surface area (Å²) in [6.07, 6.45) is 4.73. The van der Waals surface area contributed by atoms with Crippen LogP contribution >= 0.6 is 121 Å². The first-order valence-electron chi connectivity index (χ1n) is 25.9. The largest absolute Gasteiger partial charge is 0.488 e. The number of halogens is 12. The van der Waals surface area contributed by atoms with Gasteiger partial charge in [0, 0.05) is 94.7 Å². The molecule has 5 N–H and O–H groups in total. The Bertz CT molecular complexity index is 4340. The van der Waals surface area contributed by atoms with Gasteiger partial charge in [0.25, 0.3) is 0 Å². The molecule has 0 saturated heterocycles. The molecule has 0 bridgehead atoms. The number of hydrogen-bond acceptors (Lipinski definition) is 16. The Hall–Kier alpha value is -6.56. The van der Waals surface area contributed by atoms with Crippen molar-refractivity contribution in [2.75, 3.05) is 0 Å². The van der Waals surface area contributed by atoms with Crippen LogP contribution in [0.15, 0.2) is 211 Å². The van der Waals surface area contributed by atoms with Gasteiger partial charge in [0.2, 0.25) is 0 Å². The summed E-state index contributed by atoms with van der Waals surface area (Å²) in [7, 11) is -1.46.